The van der Waals surface area contributed by atoms with Gasteiger partial charge in [0.15, 0.2) is 0 Å². The van der Waals surface area contributed by atoms with Crippen LogP contribution in [-0.2, 0) is 0 Å². The number of ether oxygens (including phenoxy) is 1. The Morgan fingerprint density at radius 1 is 1.04 bits per heavy atom. The summed E-state index contributed by atoms with van der Waals surface area (Å²) in [5.41, 5.74) is 2.02. The third kappa shape index (κ3) is 3.66. The zero-order valence-electron chi connectivity index (χ0n) is 16.0. The van der Waals surface area contributed by atoms with Gasteiger partial charge in [0.25, 0.3) is 0 Å². The molecule has 0 N–H and O–H groups in total. The lowest BCUT2D eigenvalue weighted by molar-refractivity contribution is 0.415. The molecular weight excluding hydrogens is 386 g/mol. The first kappa shape index (κ1) is 18.7. The highest BCUT2D eigenvalue weighted by Crippen LogP contribution is 2.28. The summed E-state index contributed by atoms with van der Waals surface area (Å²) in [6.45, 7) is 4.15. The lowest BCUT2D eigenvalue weighted by atomic mass is 10.0. The minimum atomic E-state index is 0.198. The molecule has 0 aliphatic rings. The van der Waals surface area contributed by atoms with Crippen LogP contribution in [0.4, 0.5) is 0 Å². The second-order valence-corrected chi connectivity index (χ2v) is 8.35. The van der Waals surface area contributed by atoms with E-state index in [0.29, 0.717) is 0 Å². The standard InChI is InChI=1S/C22H21N3OS2/c1-15(2)24-22-25(19(14-28-22)21-9-6-12-27-21)23-13-18-17-8-5-4-7-16(17)10-11-20(18)26-3/h4-15H,1-3H3. The van der Waals surface area contributed by atoms with Gasteiger partial charge in [0.05, 0.1) is 23.9 Å². The number of fused-ring (bicyclic) bond motifs is 1. The highest BCUT2D eigenvalue weighted by molar-refractivity contribution is 7.14. The Balaban J connectivity index is 1.89. The summed E-state index contributed by atoms with van der Waals surface area (Å²) in [5, 5.41) is 11.3. The van der Waals surface area contributed by atoms with E-state index < -0.39 is 0 Å². The minimum Gasteiger partial charge on any atom is -0.496 e. The number of rotatable bonds is 5. The predicted molar refractivity (Wildman–Crippen MR) is 120 cm³/mol. The van der Waals surface area contributed by atoms with E-state index in [1.165, 1.54) is 4.88 Å². The molecule has 0 amide bonds. The lowest BCUT2D eigenvalue weighted by Crippen LogP contribution is -2.14. The van der Waals surface area contributed by atoms with E-state index in [4.69, 9.17) is 14.8 Å². The van der Waals surface area contributed by atoms with Crippen molar-refractivity contribution in [3.8, 4) is 16.3 Å². The number of benzene rings is 2. The zero-order valence-corrected chi connectivity index (χ0v) is 17.6. The van der Waals surface area contributed by atoms with Gasteiger partial charge in [-0.05, 0) is 42.1 Å². The van der Waals surface area contributed by atoms with Crippen molar-refractivity contribution in [1.29, 1.82) is 0 Å². The number of thiazole rings is 1. The van der Waals surface area contributed by atoms with E-state index in [9.17, 15) is 0 Å². The molecule has 0 spiro atoms. The van der Waals surface area contributed by atoms with Gasteiger partial charge in [0.1, 0.15) is 5.75 Å². The highest BCUT2D eigenvalue weighted by Gasteiger charge is 2.10. The molecule has 4 aromatic rings. The van der Waals surface area contributed by atoms with Crippen LogP contribution >= 0.6 is 22.7 Å². The molecule has 6 heteroatoms. The van der Waals surface area contributed by atoms with Crippen molar-refractivity contribution < 1.29 is 4.74 Å². The first-order chi connectivity index (χ1) is 13.7. The smallest absolute Gasteiger partial charge is 0.206 e. The van der Waals surface area contributed by atoms with Gasteiger partial charge in [-0.15, -0.1) is 22.7 Å². The molecular formula is C22H21N3OS2. The SMILES string of the molecule is COc1ccc2ccccc2c1C=Nn1c(-c2cccs2)csc1=NC(C)C. The summed E-state index contributed by atoms with van der Waals surface area (Å²) in [6.07, 6.45) is 1.88. The molecule has 2 heterocycles. The number of nitrogens with zero attached hydrogens (tertiary/aromatic N) is 3. The average molecular weight is 408 g/mol. The number of thiophene rings is 1. The molecule has 0 radical (unpaired) electrons. The van der Waals surface area contributed by atoms with E-state index in [2.05, 4.69) is 54.9 Å². The monoisotopic (exact) mass is 407 g/mol. The van der Waals surface area contributed by atoms with Crippen molar-refractivity contribution in [2.45, 2.75) is 19.9 Å². The average Bonchev–Trinajstić information content (AvgIpc) is 3.35. The van der Waals surface area contributed by atoms with Gasteiger partial charge in [-0.1, -0.05) is 36.4 Å². The lowest BCUT2D eigenvalue weighted by Gasteiger charge is -2.09. The summed E-state index contributed by atoms with van der Waals surface area (Å²) in [4.78, 5) is 6.80. The first-order valence-corrected chi connectivity index (χ1v) is 10.8. The molecule has 0 aliphatic heterocycles. The molecule has 0 bridgehead atoms. The summed E-state index contributed by atoms with van der Waals surface area (Å²) < 4.78 is 7.53. The van der Waals surface area contributed by atoms with Crippen LogP contribution in [0, 0.1) is 0 Å². The normalized spacial score (nSPS) is 12.5. The predicted octanol–water partition coefficient (Wildman–Crippen LogP) is 5.63. The largest absolute Gasteiger partial charge is 0.496 e. The Bertz CT molecular complexity index is 1180. The van der Waals surface area contributed by atoms with E-state index in [1.54, 1.807) is 29.8 Å². The van der Waals surface area contributed by atoms with E-state index in [1.807, 2.05) is 29.1 Å². The van der Waals surface area contributed by atoms with Gasteiger partial charge >= 0.3 is 0 Å². The molecule has 0 saturated heterocycles. The fourth-order valence-corrected chi connectivity index (χ4v) is 4.78. The van der Waals surface area contributed by atoms with Gasteiger partial charge in [0.2, 0.25) is 4.80 Å². The molecule has 142 valence electrons. The van der Waals surface area contributed by atoms with Crippen LogP contribution in [-0.4, -0.2) is 24.0 Å². The van der Waals surface area contributed by atoms with Crippen LogP contribution in [0.25, 0.3) is 21.3 Å². The Kier molecular flexibility index (Phi) is 5.41. The van der Waals surface area contributed by atoms with E-state index >= 15 is 0 Å². The quantitative estimate of drug-likeness (QED) is 0.395. The molecule has 0 saturated carbocycles. The molecule has 2 aromatic heterocycles. The van der Waals surface area contributed by atoms with E-state index in [-0.39, 0.29) is 6.04 Å². The fourth-order valence-electron chi connectivity index (χ4n) is 3.02. The van der Waals surface area contributed by atoms with Crippen molar-refractivity contribution in [1.82, 2.24) is 4.68 Å². The summed E-state index contributed by atoms with van der Waals surface area (Å²) in [5.74, 6) is 0.804. The van der Waals surface area contributed by atoms with Crippen molar-refractivity contribution >= 4 is 39.7 Å². The molecule has 0 fully saturated rings. The van der Waals surface area contributed by atoms with Gasteiger partial charge < -0.3 is 4.74 Å². The van der Waals surface area contributed by atoms with Crippen molar-refractivity contribution in [3.05, 3.63) is 69.7 Å². The summed E-state index contributed by atoms with van der Waals surface area (Å²) in [7, 11) is 1.69. The van der Waals surface area contributed by atoms with Crippen LogP contribution in [0.15, 0.2) is 69.4 Å². The van der Waals surface area contributed by atoms with E-state index in [0.717, 1.165) is 32.6 Å². The Morgan fingerprint density at radius 2 is 1.89 bits per heavy atom. The van der Waals surface area contributed by atoms with Gasteiger partial charge in [-0.2, -0.15) is 5.10 Å². The Hall–Kier alpha value is -2.70. The second-order valence-electron chi connectivity index (χ2n) is 6.56. The maximum absolute atomic E-state index is 5.60. The zero-order chi connectivity index (χ0) is 19.5. The van der Waals surface area contributed by atoms with Gasteiger partial charge in [0, 0.05) is 17.0 Å². The molecule has 2 aromatic carbocycles. The number of hydrogen-bond acceptors (Lipinski definition) is 5. The van der Waals surface area contributed by atoms with Crippen LogP contribution in [0.5, 0.6) is 5.75 Å². The third-order valence-corrected chi connectivity index (χ3v) is 6.00. The van der Waals surface area contributed by atoms with Crippen molar-refractivity contribution in [3.63, 3.8) is 0 Å². The topological polar surface area (TPSA) is 38.9 Å². The molecule has 4 rings (SSSR count). The Labute approximate surface area is 172 Å². The maximum Gasteiger partial charge on any atom is 0.206 e. The summed E-state index contributed by atoms with van der Waals surface area (Å²) in [6, 6.07) is 16.7. The molecule has 0 atom stereocenters. The molecule has 28 heavy (non-hydrogen) atoms. The maximum atomic E-state index is 5.60. The van der Waals surface area contributed by atoms with Crippen molar-refractivity contribution in [2.24, 2.45) is 10.1 Å². The second kappa shape index (κ2) is 8.12. The van der Waals surface area contributed by atoms with Crippen LogP contribution < -0.4 is 9.54 Å². The molecule has 0 aliphatic carbocycles. The van der Waals surface area contributed by atoms with Crippen LogP contribution in [0.3, 0.4) is 0 Å². The third-order valence-electron chi connectivity index (χ3n) is 4.28. The van der Waals surface area contributed by atoms with Crippen molar-refractivity contribution in [2.75, 3.05) is 7.11 Å². The minimum absolute atomic E-state index is 0.198. The van der Waals surface area contributed by atoms with Gasteiger partial charge in [-0.25, -0.2) is 4.68 Å². The molecule has 0 unspecified atom stereocenters. The van der Waals surface area contributed by atoms with Gasteiger partial charge in [-0.3, -0.25) is 4.99 Å². The fraction of sp³-hybridized carbons (Fsp3) is 0.182. The number of methoxy groups -OCH3 is 1. The number of aromatic nitrogens is 1. The van der Waals surface area contributed by atoms with Crippen LogP contribution in [0.1, 0.15) is 19.4 Å². The highest BCUT2D eigenvalue weighted by atomic mass is 32.1. The molecule has 4 nitrogen and oxygen atoms in total. The Morgan fingerprint density at radius 3 is 2.64 bits per heavy atom. The summed E-state index contributed by atoms with van der Waals surface area (Å²) >= 11 is 3.31. The number of hydrogen-bond donors (Lipinski definition) is 0. The first-order valence-electron chi connectivity index (χ1n) is 9.05. The van der Waals surface area contributed by atoms with Crippen LogP contribution in [0.2, 0.25) is 0 Å².